The van der Waals surface area contributed by atoms with E-state index >= 15 is 0 Å². The van der Waals surface area contributed by atoms with E-state index in [0.29, 0.717) is 21.3 Å². The zero-order chi connectivity index (χ0) is 17.5. The largest absolute Gasteiger partial charge is 0.326 e. The minimum absolute atomic E-state index is 0.00983. The molecule has 4 nitrogen and oxygen atoms in total. The highest BCUT2D eigenvalue weighted by Gasteiger charge is 2.20. The van der Waals surface area contributed by atoms with Crippen LogP contribution >= 0.6 is 23.2 Å². The Kier molecular flexibility index (Phi) is 6.36. The zero-order valence-corrected chi connectivity index (χ0v) is 14.1. The molecule has 1 unspecified atom stereocenters. The Morgan fingerprint density at radius 1 is 1.04 bits per heavy atom. The highest BCUT2D eigenvalue weighted by atomic mass is 35.5. The second-order valence-electron chi connectivity index (χ2n) is 5.12. The van der Waals surface area contributed by atoms with Crippen LogP contribution < -0.4 is 5.32 Å². The van der Waals surface area contributed by atoms with E-state index < -0.39 is 5.92 Å². The van der Waals surface area contributed by atoms with Crippen molar-refractivity contribution in [3.63, 3.8) is 0 Å². The van der Waals surface area contributed by atoms with Crippen molar-refractivity contribution in [3.05, 3.63) is 64.1 Å². The van der Waals surface area contributed by atoms with E-state index in [0.717, 1.165) is 0 Å². The third-order valence-electron chi connectivity index (χ3n) is 3.39. The van der Waals surface area contributed by atoms with Crippen LogP contribution in [-0.4, -0.2) is 11.7 Å². The van der Waals surface area contributed by atoms with Gasteiger partial charge in [-0.2, -0.15) is 5.26 Å². The van der Waals surface area contributed by atoms with Gasteiger partial charge in [-0.05, 0) is 23.8 Å². The Hall–Kier alpha value is -2.35. The fourth-order valence-corrected chi connectivity index (χ4v) is 2.45. The molecule has 2 aromatic carbocycles. The number of anilines is 1. The summed E-state index contributed by atoms with van der Waals surface area (Å²) in [7, 11) is 0. The van der Waals surface area contributed by atoms with Crippen molar-refractivity contribution < 1.29 is 9.59 Å². The minimum Gasteiger partial charge on any atom is -0.326 e. The van der Waals surface area contributed by atoms with Gasteiger partial charge in [0.1, 0.15) is 5.92 Å². The summed E-state index contributed by atoms with van der Waals surface area (Å²) >= 11 is 11.7. The SMILES string of the molecule is N#CC(C(=O)CCC(=O)Nc1ccc(Cl)c(Cl)c1)c1ccccc1. The van der Waals surface area contributed by atoms with Gasteiger partial charge in [0.2, 0.25) is 5.91 Å². The first-order chi connectivity index (χ1) is 11.5. The topological polar surface area (TPSA) is 70.0 Å². The maximum Gasteiger partial charge on any atom is 0.224 e. The minimum atomic E-state index is -0.857. The smallest absolute Gasteiger partial charge is 0.224 e. The third kappa shape index (κ3) is 4.82. The van der Waals surface area contributed by atoms with E-state index in [9.17, 15) is 14.9 Å². The summed E-state index contributed by atoms with van der Waals surface area (Å²) in [5.41, 5.74) is 1.14. The van der Waals surface area contributed by atoms with Crippen molar-refractivity contribution in [1.82, 2.24) is 0 Å². The van der Waals surface area contributed by atoms with Gasteiger partial charge in [-0.15, -0.1) is 0 Å². The molecule has 0 aliphatic rings. The van der Waals surface area contributed by atoms with Crippen molar-refractivity contribution in [1.29, 1.82) is 5.26 Å². The monoisotopic (exact) mass is 360 g/mol. The lowest BCUT2D eigenvalue weighted by molar-refractivity contribution is -0.123. The average Bonchev–Trinajstić information content (AvgIpc) is 2.58. The van der Waals surface area contributed by atoms with Gasteiger partial charge in [0, 0.05) is 18.5 Å². The Morgan fingerprint density at radius 2 is 1.75 bits per heavy atom. The first-order valence-electron chi connectivity index (χ1n) is 7.23. The summed E-state index contributed by atoms with van der Waals surface area (Å²) in [5.74, 6) is -1.47. The van der Waals surface area contributed by atoms with Crippen molar-refractivity contribution in [2.24, 2.45) is 0 Å². The maximum atomic E-state index is 12.2. The lowest BCUT2D eigenvalue weighted by atomic mass is 9.93. The van der Waals surface area contributed by atoms with Crippen molar-refractivity contribution in [2.75, 3.05) is 5.32 Å². The van der Waals surface area contributed by atoms with Crippen LogP contribution in [0.15, 0.2) is 48.5 Å². The van der Waals surface area contributed by atoms with Crippen LogP contribution in [0, 0.1) is 11.3 Å². The van der Waals surface area contributed by atoms with Gasteiger partial charge < -0.3 is 5.32 Å². The Labute approximate surface area is 150 Å². The molecule has 0 saturated carbocycles. The second kappa shape index (κ2) is 8.49. The first kappa shape index (κ1) is 18.0. The van der Waals surface area contributed by atoms with Crippen LogP contribution in [0.5, 0.6) is 0 Å². The van der Waals surface area contributed by atoms with Gasteiger partial charge in [-0.1, -0.05) is 53.5 Å². The number of rotatable bonds is 6. The summed E-state index contributed by atoms with van der Waals surface area (Å²) in [6.45, 7) is 0. The van der Waals surface area contributed by atoms with Gasteiger partial charge in [-0.3, -0.25) is 9.59 Å². The molecule has 0 aromatic heterocycles. The predicted molar refractivity (Wildman–Crippen MR) is 94.1 cm³/mol. The van der Waals surface area contributed by atoms with Crippen LogP contribution in [0.4, 0.5) is 5.69 Å². The molecule has 122 valence electrons. The molecule has 0 fully saturated rings. The van der Waals surface area contributed by atoms with Crippen LogP contribution in [0.2, 0.25) is 10.0 Å². The standard InChI is InChI=1S/C18H14Cl2N2O2/c19-15-7-6-13(10-16(15)20)22-18(24)9-8-17(23)14(11-21)12-4-2-1-3-5-12/h1-7,10,14H,8-9H2,(H,22,24). The summed E-state index contributed by atoms with van der Waals surface area (Å²) in [5, 5.41) is 12.6. The summed E-state index contributed by atoms with van der Waals surface area (Å²) < 4.78 is 0. The number of hydrogen-bond acceptors (Lipinski definition) is 3. The molecule has 0 radical (unpaired) electrons. The summed E-state index contributed by atoms with van der Waals surface area (Å²) in [4.78, 5) is 24.1. The van der Waals surface area contributed by atoms with E-state index in [-0.39, 0.29) is 24.5 Å². The number of carbonyl (C=O) groups is 2. The van der Waals surface area contributed by atoms with Crippen molar-refractivity contribution in [2.45, 2.75) is 18.8 Å². The molecule has 2 aromatic rings. The number of carbonyl (C=O) groups excluding carboxylic acids is 2. The number of hydrogen-bond donors (Lipinski definition) is 1. The normalized spacial score (nSPS) is 11.4. The van der Waals surface area contributed by atoms with Crippen LogP contribution in [-0.2, 0) is 9.59 Å². The van der Waals surface area contributed by atoms with E-state index in [1.165, 1.54) is 6.07 Å². The first-order valence-corrected chi connectivity index (χ1v) is 7.99. The van der Waals surface area contributed by atoms with Gasteiger partial charge in [0.15, 0.2) is 5.78 Å². The van der Waals surface area contributed by atoms with Crippen LogP contribution in [0.25, 0.3) is 0 Å². The Bertz CT molecular complexity index is 785. The van der Waals surface area contributed by atoms with Crippen molar-refractivity contribution in [3.8, 4) is 6.07 Å². The van der Waals surface area contributed by atoms with Crippen molar-refractivity contribution >= 4 is 40.6 Å². The number of nitriles is 1. The summed E-state index contributed by atoms with van der Waals surface area (Å²) in [6, 6.07) is 15.5. The molecule has 1 N–H and O–H groups in total. The van der Waals surface area contributed by atoms with E-state index in [2.05, 4.69) is 5.32 Å². The second-order valence-corrected chi connectivity index (χ2v) is 5.93. The van der Waals surface area contributed by atoms with Gasteiger partial charge >= 0.3 is 0 Å². The van der Waals surface area contributed by atoms with Gasteiger partial charge in [0.25, 0.3) is 0 Å². The van der Waals surface area contributed by atoms with Gasteiger partial charge in [-0.25, -0.2) is 0 Å². The highest BCUT2D eigenvalue weighted by Crippen LogP contribution is 2.25. The number of benzene rings is 2. The Morgan fingerprint density at radius 3 is 2.38 bits per heavy atom. The quantitative estimate of drug-likeness (QED) is 0.818. The molecule has 1 atom stereocenters. The third-order valence-corrected chi connectivity index (χ3v) is 4.12. The number of Topliss-reactive ketones (excluding diaryl/α,β-unsaturated/α-hetero) is 1. The maximum absolute atomic E-state index is 12.2. The number of ketones is 1. The molecule has 1 amide bonds. The molecule has 0 aliphatic heterocycles. The molecule has 0 bridgehead atoms. The molecule has 24 heavy (non-hydrogen) atoms. The molecule has 2 rings (SSSR count). The fourth-order valence-electron chi connectivity index (χ4n) is 2.16. The van der Waals surface area contributed by atoms with Crippen LogP contribution in [0.3, 0.4) is 0 Å². The molecule has 0 aliphatic carbocycles. The molecule has 6 heteroatoms. The summed E-state index contributed by atoms with van der Waals surface area (Å²) in [6.07, 6.45) is -0.0234. The average molecular weight is 361 g/mol. The molecular formula is C18H14Cl2N2O2. The molecule has 0 spiro atoms. The lowest BCUT2D eigenvalue weighted by Crippen LogP contribution is -2.16. The highest BCUT2D eigenvalue weighted by molar-refractivity contribution is 6.42. The fraction of sp³-hybridized carbons (Fsp3) is 0.167. The number of halogens is 2. The predicted octanol–water partition coefficient (Wildman–Crippen LogP) is 4.59. The van der Waals surface area contributed by atoms with Crippen LogP contribution in [0.1, 0.15) is 24.3 Å². The number of amides is 1. The van der Waals surface area contributed by atoms with E-state index in [1.54, 1.807) is 36.4 Å². The molecular weight excluding hydrogens is 347 g/mol. The Balaban J connectivity index is 1.92. The zero-order valence-electron chi connectivity index (χ0n) is 12.6. The number of nitrogens with one attached hydrogen (secondary N) is 1. The van der Waals surface area contributed by atoms with E-state index in [4.69, 9.17) is 23.2 Å². The number of nitrogens with zero attached hydrogens (tertiary/aromatic N) is 1. The van der Waals surface area contributed by atoms with Gasteiger partial charge in [0.05, 0.1) is 16.1 Å². The lowest BCUT2D eigenvalue weighted by Gasteiger charge is -2.09. The molecule has 0 heterocycles. The molecule has 0 saturated heterocycles. The van der Waals surface area contributed by atoms with E-state index in [1.807, 2.05) is 12.1 Å².